The number of hydrogen-bond acceptors (Lipinski definition) is 3. The molecule has 0 radical (unpaired) electrons. The van der Waals surface area contributed by atoms with E-state index in [1.54, 1.807) is 0 Å². The molecule has 110 valence electrons. The van der Waals surface area contributed by atoms with Gasteiger partial charge < -0.3 is 14.8 Å². The molecule has 0 aromatic carbocycles. The summed E-state index contributed by atoms with van der Waals surface area (Å²) in [5.74, 6) is -4.82. The standard InChI is InChI=1S/C10H18F5NO2/c1-3-4-16-8(5-17-2)6-18-7-9(11,12)10(13,14)15/h8,16H,3-7H2,1-2H3. The maximum atomic E-state index is 12.5. The predicted octanol–water partition coefficient (Wildman–Crippen LogP) is 2.22. The molecule has 0 saturated carbocycles. The Balaban J connectivity index is 4.05. The van der Waals surface area contributed by atoms with Gasteiger partial charge in [0.25, 0.3) is 0 Å². The molecule has 0 aliphatic heterocycles. The molecule has 0 fully saturated rings. The third-order valence-electron chi connectivity index (χ3n) is 2.07. The minimum absolute atomic E-state index is 0.178. The second-order valence-corrected chi connectivity index (χ2v) is 3.82. The third kappa shape index (κ3) is 6.46. The van der Waals surface area contributed by atoms with E-state index in [2.05, 4.69) is 10.1 Å². The highest BCUT2D eigenvalue weighted by Crippen LogP contribution is 2.35. The van der Waals surface area contributed by atoms with Gasteiger partial charge in [-0.05, 0) is 13.0 Å². The summed E-state index contributed by atoms with van der Waals surface area (Å²) in [4.78, 5) is 0. The molecule has 1 unspecified atom stereocenters. The molecule has 0 rings (SSSR count). The number of ether oxygens (including phenoxy) is 2. The molecule has 0 aliphatic rings. The van der Waals surface area contributed by atoms with Gasteiger partial charge in [0.2, 0.25) is 0 Å². The first-order valence-electron chi connectivity index (χ1n) is 5.49. The van der Waals surface area contributed by atoms with Crippen molar-refractivity contribution in [3.8, 4) is 0 Å². The SMILES string of the molecule is CCCNC(COC)COCC(F)(F)C(F)(F)F. The van der Waals surface area contributed by atoms with Crippen LogP contribution in [0.25, 0.3) is 0 Å². The maximum Gasteiger partial charge on any atom is 0.455 e. The minimum atomic E-state index is -5.58. The topological polar surface area (TPSA) is 30.5 Å². The summed E-state index contributed by atoms with van der Waals surface area (Å²) in [5, 5.41) is 2.92. The zero-order chi connectivity index (χ0) is 14.2. The summed E-state index contributed by atoms with van der Waals surface area (Å²) in [5.41, 5.74) is 0. The van der Waals surface area contributed by atoms with Gasteiger partial charge in [0.05, 0.1) is 19.3 Å². The van der Waals surface area contributed by atoms with Gasteiger partial charge in [-0.1, -0.05) is 6.92 Å². The van der Waals surface area contributed by atoms with E-state index in [0.717, 1.165) is 6.42 Å². The van der Waals surface area contributed by atoms with Crippen LogP contribution >= 0.6 is 0 Å². The molecule has 0 amide bonds. The largest absolute Gasteiger partial charge is 0.455 e. The van der Waals surface area contributed by atoms with E-state index in [1.807, 2.05) is 6.92 Å². The van der Waals surface area contributed by atoms with Crippen molar-refractivity contribution in [2.45, 2.75) is 31.5 Å². The van der Waals surface area contributed by atoms with Gasteiger partial charge in [0.1, 0.15) is 6.61 Å². The molecular weight excluding hydrogens is 261 g/mol. The first-order chi connectivity index (χ1) is 8.24. The predicted molar refractivity (Wildman–Crippen MR) is 55.8 cm³/mol. The molecule has 0 spiro atoms. The molecule has 1 N–H and O–H groups in total. The number of alkyl halides is 5. The molecule has 8 heteroatoms. The van der Waals surface area contributed by atoms with Crippen LogP contribution in [0.2, 0.25) is 0 Å². The van der Waals surface area contributed by atoms with E-state index in [0.29, 0.717) is 6.54 Å². The van der Waals surface area contributed by atoms with Gasteiger partial charge in [-0.2, -0.15) is 22.0 Å². The van der Waals surface area contributed by atoms with E-state index < -0.39 is 24.7 Å². The Hall–Kier alpha value is -0.470. The third-order valence-corrected chi connectivity index (χ3v) is 2.07. The van der Waals surface area contributed by atoms with Crippen molar-refractivity contribution in [2.24, 2.45) is 0 Å². The van der Waals surface area contributed by atoms with Crippen molar-refractivity contribution >= 4 is 0 Å². The van der Waals surface area contributed by atoms with Crippen molar-refractivity contribution in [1.29, 1.82) is 0 Å². The lowest BCUT2D eigenvalue weighted by atomic mass is 10.3. The molecule has 0 bridgehead atoms. The van der Waals surface area contributed by atoms with E-state index in [9.17, 15) is 22.0 Å². The highest BCUT2D eigenvalue weighted by atomic mass is 19.4. The monoisotopic (exact) mass is 279 g/mol. The van der Waals surface area contributed by atoms with Crippen LogP contribution in [0.1, 0.15) is 13.3 Å². The molecule has 0 saturated heterocycles. The normalized spacial score (nSPS) is 14.8. The van der Waals surface area contributed by atoms with Crippen LogP contribution in [0.15, 0.2) is 0 Å². The van der Waals surface area contributed by atoms with Crippen LogP contribution in [0.5, 0.6) is 0 Å². The summed E-state index contributed by atoms with van der Waals surface area (Å²) in [6.45, 7) is 0.740. The Bertz CT molecular complexity index is 223. The Morgan fingerprint density at radius 2 is 1.72 bits per heavy atom. The van der Waals surface area contributed by atoms with E-state index in [1.165, 1.54) is 7.11 Å². The molecule has 0 aromatic rings. The number of halogens is 5. The van der Waals surface area contributed by atoms with Crippen molar-refractivity contribution in [3.63, 3.8) is 0 Å². The molecule has 18 heavy (non-hydrogen) atoms. The minimum Gasteiger partial charge on any atom is -0.383 e. The van der Waals surface area contributed by atoms with Crippen LogP contribution in [0, 0.1) is 0 Å². The van der Waals surface area contributed by atoms with Gasteiger partial charge >= 0.3 is 12.1 Å². The molecule has 3 nitrogen and oxygen atoms in total. The number of methoxy groups -OCH3 is 1. The highest BCUT2D eigenvalue weighted by Gasteiger charge is 2.57. The lowest BCUT2D eigenvalue weighted by molar-refractivity contribution is -0.297. The smallest absolute Gasteiger partial charge is 0.383 e. The zero-order valence-electron chi connectivity index (χ0n) is 10.3. The fraction of sp³-hybridized carbons (Fsp3) is 1.00. The fourth-order valence-electron chi connectivity index (χ4n) is 1.13. The lowest BCUT2D eigenvalue weighted by Gasteiger charge is -2.22. The number of nitrogens with one attached hydrogen (secondary N) is 1. The highest BCUT2D eigenvalue weighted by molar-refractivity contribution is 4.75. The van der Waals surface area contributed by atoms with E-state index >= 15 is 0 Å². The summed E-state index contributed by atoms with van der Waals surface area (Å²) in [6, 6.07) is -0.404. The van der Waals surface area contributed by atoms with Gasteiger partial charge in [-0.25, -0.2) is 0 Å². The van der Waals surface area contributed by atoms with Crippen LogP contribution in [-0.2, 0) is 9.47 Å². The van der Waals surface area contributed by atoms with Crippen molar-refractivity contribution < 1.29 is 31.4 Å². The second-order valence-electron chi connectivity index (χ2n) is 3.82. The summed E-state index contributed by atoms with van der Waals surface area (Å²) >= 11 is 0. The Labute approximate surface area is 103 Å². The van der Waals surface area contributed by atoms with Gasteiger partial charge in [-0.15, -0.1) is 0 Å². The van der Waals surface area contributed by atoms with Crippen LogP contribution in [0.3, 0.4) is 0 Å². The summed E-state index contributed by atoms with van der Waals surface area (Å²) < 4.78 is 69.8. The Morgan fingerprint density at radius 3 is 2.17 bits per heavy atom. The summed E-state index contributed by atoms with van der Waals surface area (Å²) in [6.07, 6.45) is -4.78. The average molecular weight is 279 g/mol. The number of rotatable bonds is 9. The zero-order valence-corrected chi connectivity index (χ0v) is 10.3. The number of hydrogen-bond donors (Lipinski definition) is 1. The van der Waals surface area contributed by atoms with E-state index in [-0.39, 0.29) is 13.2 Å². The van der Waals surface area contributed by atoms with Crippen LogP contribution in [0.4, 0.5) is 22.0 Å². The molecule has 0 aliphatic carbocycles. The first-order valence-corrected chi connectivity index (χ1v) is 5.49. The molecule has 0 aromatic heterocycles. The molecule has 0 heterocycles. The molecular formula is C10H18F5NO2. The quantitative estimate of drug-likeness (QED) is 0.656. The van der Waals surface area contributed by atoms with Gasteiger partial charge in [0.15, 0.2) is 0 Å². The van der Waals surface area contributed by atoms with Crippen LogP contribution < -0.4 is 5.32 Å². The van der Waals surface area contributed by atoms with Crippen LogP contribution in [-0.4, -0.2) is 51.6 Å². The molecule has 1 atom stereocenters. The van der Waals surface area contributed by atoms with Gasteiger partial charge in [0, 0.05) is 7.11 Å². The lowest BCUT2D eigenvalue weighted by Crippen LogP contribution is -2.43. The van der Waals surface area contributed by atoms with E-state index in [4.69, 9.17) is 4.74 Å². The second kappa shape index (κ2) is 7.85. The Morgan fingerprint density at radius 1 is 1.11 bits per heavy atom. The maximum absolute atomic E-state index is 12.5. The summed E-state index contributed by atoms with van der Waals surface area (Å²) in [7, 11) is 1.41. The first kappa shape index (κ1) is 17.5. The van der Waals surface area contributed by atoms with Crippen molar-refractivity contribution in [1.82, 2.24) is 5.32 Å². The Kier molecular flexibility index (Phi) is 7.65. The van der Waals surface area contributed by atoms with Gasteiger partial charge in [-0.3, -0.25) is 0 Å². The van der Waals surface area contributed by atoms with Crippen molar-refractivity contribution in [3.05, 3.63) is 0 Å². The fourth-order valence-corrected chi connectivity index (χ4v) is 1.13. The average Bonchev–Trinajstić information content (AvgIpc) is 2.24. The van der Waals surface area contributed by atoms with Crippen molar-refractivity contribution in [2.75, 3.05) is 33.5 Å².